The quantitative estimate of drug-likeness (QED) is 0.203. The van der Waals surface area contributed by atoms with Crippen LogP contribution < -0.4 is 5.48 Å². The van der Waals surface area contributed by atoms with Crippen molar-refractivity contribution in [2.45, 2.75) is 70.6 Å². The number of rotatable bonds is 5. The molecule has 1 aromatic rings. The number of amides is 1. The van der Waals surface area contributed by atoms with Crippen LogP contribution in [0.3, 0.4) is 0 Å². The SMILES string of the molecule is C[C@@H]1CC[C@@]2(C)[C@@H](C1)O[C@@H]1C=C[C@@]2(C)[C@@H]1C.O=C(CCSSc1ccccn1)NO. The van der Waals surface area contributed by atoms with Crippen LogP contribution in [0.2, 0.25) is 0 Å². The maximum absolute atomic E-state index is 10.6. The van der Waals surface area contributed by atoms with Crippen molar-refractivity contribution in [3.8, 4) is 0 Å². The number of carbonyl (C=O) groups is 1. The third-order valence-electron chi connectivity index (χ3n) is 7.43. The highest BCUT2D eigenvalue weighted by Crippen LogP contribution is 2.62. The smallest absolute Gasteiger partial charge is 0.244 e. The van der Waals surface area contributed by atoms with Crippen molar-refractivity contribution in [3.05, 3.63) is 36.5 Å². The average molecular weight is 451 g/mol. The van der Waals surface area contributed by atoms with E-state index in [0.717, 1.165) is 10.9 Å². The minimum Gasteiger partial charge on any atom is -0.370 e. The van der Waals surface area contributed by atoms with Crippen molar-refractivity contribution in [1.29, 1.82) is 0 Å². The molecular weight excluding hydrogens is 416 g/mol. The largest absolute Gasteiger partial charge is 0.370 e. The van der Waals surface area contributed by atoms with Crippen LogP contribution >= 0.6 is 21.6 Å². The van der Waals surface area contributed by atoms with Gasteiger partial charge in [0, 0.05) is 23.8 Å². The van der Waals surface area contributed by atoms with Gasteiger partial charge < -0.3 is 4.74 Å². The summed E-state index contributed by atoms with van der Waals surface area (Å²) in [5.74, 6) is 1.78. The van der Waals surface area contributed by atoms with Gasteiger partial charge in [-0.2, -0.15) is 0 Å². The number of pyridine rings is 1. The van der Waals surface area contributed by atoms with Crippen LogP contribution in [-0.4, -0.2) is 34.1 Å². The molecule has 1 saturated heterocycles. The molecule has 30 heavy (non-hydrogen) atoms. The molecule has 7 heteroatoms. The highest BCUT2D eigenvalue weighted by Gasteiger charge is 2.60. The summed E-state index contributed by atoms with van der Waals surface area (Å²) in [5, 5.41) is 9.14. The van der Waals surface area contributed by atoms with Crippen molar-refractivity contribution < 1.29 is 14.7 Å². The van der Waals surface area contributed by atoms with E-state index in [2.05, 4.69) is 44.8 Å². The number of hydroxylamine groups is 1. The molecule has 0 radical (unpaired) electrons. The lowest BCUT2D eigenvalue weighted by molar-refractivity contribution is -0.202. The summed E-state index contributed by atoms with van der Waals surface area (Å²) in [7, 11) is 3.05. The lowest BCUT2D eigenvalue weighted by Gasteiger charge is -2.58. The Balaban J connectivity index is 0.000000173. The molecule has 1 aromatic heterocycles. The van der Waals surface area contributed by atoms with Crippen molar-refractivity contribution in [3.63, 3.8) is 0 Å². The third-order valence-corrected chi connectivity index (χ3v) is 9.69. The van der Waals surface area contributed by atoms with Gasteiger partial charge in [0.2, 0.25) is 5.91 Å². The summed E-state index contributed by atoms with van der Waals surface area (Å²) < 4.78 is 6.35. The second-order valence-corrected chi connectivity index (χ2v) is 11.6. The normalized spacial score (nSPS) is 36.4. The molecule has 1 aliphatic heterocycles. The maximum atomic E-state index is 10.6. The Morgan fingerprint density at radius 2 is 2.17 bits per heavy atom. The second kappa shape index (κ2) is 10.1. The molecule has 5 nitrogen and oxygen atoms in total. The van der Waals surface area contributed by atoms with Gasteiger partial charge in [-0.15, -0.1) is 0 Å². The highest BCUT2D eigenvalue weighted by atomic mass is 33.1. The molecule has 2 N–H and O–H groups in total. The van der Waals surface area contributed by atoms with Gasteiger partial charge in [-0.25, -0.2) is 10.5 Å². The van der Waals surface area contributed by atoms with Crippen LogP contribution in [0, 0.1) is 22.7 Å². The summed E-state index contributed by atoms with van der Waals surface area (Å²) >= 11 is 0. The van der Waals surface area contributed by atoms with E-state index in [1.807, 2.05) is 18.2 Å². The van der Waals surface area contributed by atoms with E-state index < -0.39 is 0 Å². The highest BCUT2D eigenvalue weighted by molar-refractivity contribution is 8.76. The van der Waals surface area contributed by atoms with Gasteiger partial charge in [0.1, 0.15) is 5.03 Å². The van der Waals surface area contributed by atoms with E-state index >= 15 is 0 Å². The van der Waals surface area contributed by atoms with Crippen LogP contribution in [0.1, 0.15) is 53.4 Å². The first-order valence-corrected chi connectivity index (χ1v) is 13.1. The molecule has 2 fully saturated rings. The summed E-state index contributed by atoms with van der Waals surface area (Å²) in [5.41, 5.74) is 2.31. The predicted molar refractivity (Wildman–Crippen MR) is 123 cm³/mol. The number of allylic oxidation sites excluding steroid dienone is 1. The Morgan fingerprint density at radius 3 is 2.87 bits per heavy atom. The first-order valence-electron chi connectivity index (χ1n) is 10.8. The van der Waals surface area contributed by atoms with Crippen molar-refractivity contribution >= 4 is 27.5 Å². The molecule has 6 atom stereocenters. The van der Waals surface area contributed by atoms with Gasteiger partial charge in [0.15, 0.2) is 0 Å². The van der Waals surface area contributed by atoms with E-state index in [4.69, 9.17) is 9.94 Å². The molecule has 2 heterocycles. The fraction of sp³-hybridized carbons (Fsp3) is 0.652. The van der Waals surface area contributed by atoms with Crippen LogP contribution in [0.5, 0.6) is 0 Å². The van der Waals surface area contributed by atoms with E-state index in [-0.39, 0.29) is 5.91 Å². The average Bonchev–Trinajstić information content (AvgIpc) is 2.98. The first kappa shape index (κ1) is 23.6. The zero-order valence-electron chi connectivity index (χ0n) is 18.3. The van der Waals surface area contributed by atoms with Crippen molar-refractivity contribution in [2.24, 2.45) is 22.7 Å². The topological polar surface area (TPSA) is 71.5 Å². The minimum atomic E-state index is -0.362. The fourth-order valence-corrected chi connectivity index (χ4v) is 6.85. The number of nitrogens with zero attached hydrogens (tertiary/aromatic N) is 1. The van der Waals surface area contributed by atoms with Crippen molar-refractivity contribution in [2.75, 3.05) is 5.75 Å². The number of hydrogen-bond acceptors (Lipinski definition) is 6. The zero-order valence-corrected chi connectivity index (χ0v) is 20.0. The number of aromatic nitrogens is 1. The third kappa shape index (κ3) is 4.90. The maximum Gasteiger partial charge on any atom is 0.244 e. The molecule has 1 amide bonds. The fourth-order valence-electron chi connectivity index (χ4n) is 4.98. The Hall–Kier alpha value is -1.02. The molecule has 0 unspecified atom stereocenters. The Kier molecular flexibility index (Phi) is 7.93. The summed E-state index contributed by atoms with van der Waals surface area (Å²) in [6, 6.07) is 5.67. The van der Waals surface area contributed by atoms with E-state index in [1.165, 1.54) is 40.9 Å². The number of fused-ring (bicyclic) bond motifs is 4. The van der Waals surface area contributed by atoms with E-state index in [1.54, 1.807) is 11.7 Å². The number of carbonyl (C=O) groups excluding carboxylic acids is 1. The van der Waals surface area contributed by atoms with Gasteiger partial charge in [0.25, 0.3) is 0 Å². The lowest BCUT2D eigenvalue weighted by Crippen LogP contribution is -2.57. The van der Waals surface area contributed by atoms with Gasteiger partial charge in [-0.05, 0) is 59.4 Å². The van der Waals surface area contributed by atoms with Crippen LogP contribution in [0.25, 0.3) is 0 Å². The lowest BCUT2D eigenvalue weighted by atomic mass is 9.52. The first-order chi connectivity index (χ1) is 14.3. The molecule has 0 aromatic carbocycles. The zero-order chi connectivity index (χ0) is 21.8. The van der Waals surface area contributed by atoms with Gasteiger partial charge >= 0.3 is 0 Å². The molecule has 1 saturated carbocycles. The summed E-state index contributed by atoms with van der Waals surface area (Å²) in [6.07, 6.45) is 11.6. The number of nitrogens with one attached hydrogen (secondary N) is 1. The monoisotopic (exact) mass is 450 g/mol. The number of hydrogen-bond donors (Lipinski definition) is 2. The molecule has 0 spiro atoms. The standard InChI is InChI=1S/C15H24O.C8H10N2O2S2/c1-10-5-7-15(4)13(9-10)16-12-6-8-14(15,3)11(12)2;11-7(10-12)4-6-13-14-8-3-1-2-5-9-8/h6,8,10-13H,5,7,9H2,1-4H3;1-3,5,12H,4,6H2,(H,10,11)/t10-,11-,12-,13-,14+,15+;/m1./s1. The molecule has 4 rings (SSSR count). The summed E-state index contributed by atoms with van der Waals surface area (Å²) in [6.45, 7) is 9.66. The second-order valence-electron chi connectivity index (χ2n) is 9.18. The van der Waals surface area contributed by atoms with E-state index in [9.17, 15) is 4.79 Å². The van der Waals surface area contributed by atoms with Gasteiger partial charge in [-0.1, -0.05) is 56.7 Å². The van der Waals surface area contributed by atoms with Crippen LogP contribution in [0.4, 0.5) is 0 Å². The molecule has 2 bridgehead atoms. The minimum absolute atomic E-state index is 0.307. The predicted octanol–water partition coefficient (Wildman–Crippen LogP) is 5.51. The molecular formula is C23H34N2O3S2. The van der Waals surface area contributed by atoms with E-state index in [0.29, 0.717) is 41.1 Å². The Morgan fingerprint density at radius 1 is 1.37 bits per heavy atom. The van der Waals surface area contributed by atoms with Crippen molar-refractivity contribution in [1.82, 2.24) is 10.5 Å². The van der Waals surface area contributed by atoms with Crippen LogP contribution in [0.15, 0.2) is 41.6 Å². The van der Waals surface area contributed by atoms with Gasteiger partial charge in [0.05, 0.1) is 12.2 Å². The van der Waals surface area contributed by atoms with Crippen LogP contribution in [-0.2, 0) is 9.53 Å². The number of ether oxygens (including phenoxy) is 1. The molecule has 3 aliphatic rings. The Labute approximate surface area is 188 Å². The molecule has 166 valence electrons. The Bertz CT molecular complexity index is 747. The summed E-state index contributed by atoms with van der Waals surface area (Å²) in [4.78, 5) is 14.7. The van der Waals surface area contributed by atoms with Gasteiger partial charge in [-0.3, -0.25) is 10.0 Å². The molecule has 2 aliphatic carbocycles.